The molecule has 0 aliphatic carbocycles. The van der Waals surface area contributed by atoms with Crippen molar-refractivity contribution < 1.29 is 18.9 Å². The molecule has 5 aromatic carbocycles. The normalized spacial score (nSPS) is 11.4. The zero-order chi connectivity index (χ0) is 26.6. The minimum Gasteiger partial charge on any atom is -0.466 e. The van der Waals surface area contributed by atoms with Crippen LogP contribution in [0, 0.1) is 20.8 Å². The first-order valence-corrected chi connectivity index (χ1v) is 14.0. The smallest absolute Gasteiger partial charge is 0.188 e. The third-order valence-electron chi connectivity index (χ3n) is 6.70. The molecule has 0 atom stereocenters. The fourth-order valence-corrected chi connectivity index (χ4v) is 8.05. The van der Waals surface area contributed by atoms with Crippen LogP contribution in [0.1, 0.15) is 16.7 Å². The van der Waals surface area contributed by atoms with Crippen molar-refractivity contribution in [3.8, 4) is 11.5 Å². The van der Waals surface area contributed by atoms with Gasteiger partial charge in [-0.05, 0) is 68.0 Å². The summed E-state index contributed by atoms with van der Waals surface area (Å²) in [5.74, 6) is 1.70. The van der Waals surface area contributed by atoms with Crippen molar-refractivity contribution in [2.45, 2.75) is 20.8 Å². The van der Waals surface area contributed by atoms with E-state index in [-0.39, 0.29) is 13.6 Å². The fraction of sp³-hybridized carbons (Fsp3) is 0.212. The molecule has 4 nitrogen and oxygen atoms in total. The summed E-state index contributed by atoms with van der Waals surface area (Å²) in [6.45, 7) is 6.90. The average Bonchev–Trinajstić information content (AvgIpc) is 2.92. The van der Waals surface area contributed by atoms with Crippen LogP contribution < -0.4 is 25.4 Å². The van der Waals surface area contributed by atoms with Gasteiger partial charge in [0.05, 0.1) is 0 Å². The van der Waals surface area contributed by atoms with Crippen LogP contribution in [0.3, 0.4) is 0 Å². The number of rotatable bonds is 9. The van der Waals surface area contributed by atoms with Crippen LogP contribution in [0.4, 0.5) is 0 Å². The van der Waals surface area contributed by atoms with Crippen molar-refractivity contribution in [2.24, 2.45) is 0 Å². The Morgan fingerprint density at radius 1 is 0.579 bits per heavy atom. The molecule has 0 unspecified atom stereocenters. The fourth-order valence-electron chi connectivity index (χ4n) is 5.25. The molecule has 0 saturated carbocycles. The number of benzene rings is 5. The van der Waals surface area contributed by atoms with Gasteiger partial charge < -0.3 is 18.9 Å². The van der Waals surface area contributed by atoms with E-state index in [0.717, 1.165) is 43.7 Å². The van der Waals surface area contributed by atoms with Crippen LogP contribution >= 0.6 is 7.92 Å². The minimum absolute atomic E-state index is 0.167. The second-order valence-corrected chi connectivity index (χ2v) is 11.5. The van der Waals surface area contributed by atoms with Gasteiger partial charge in [-0.25, -0.2) is 0 Å². The zero-order valence-electron chi connectivity index (χ0n) is 22.6. The van der Waals surface area contributed by atoms with E-state index >= 15 is 0 Å². The van der Waals surface area contributed by atoms with Crippen LogP contribution in [0.2, 0.25) is 0 Å². The van der Waals surface area contributed by atoms with Gasteiger partial charge in [-0.1, -0.05) is 78.4 Å². The molecule has 0 aliphatic rings. The molecule has 0 N–H and O–H groups in total. The van der Waals surface area contributed by atoms with Crippen LogP contribution in [-0.2, 0) is 9.47 Å². The largest absolute Gasteiger partial charge is 0.466 e. The van der Waals surface area contributed by atoms with Gasteiger partial charge in [0, 0.05) is 35.6 Å². The summed E-state index contributed by atoms with van der Waals surface area (Å²) < 4.78 is 23.5. The predicted octanol–water partition coefficient (Wildman–Crippen LogP) is 6.64. The van der Waals surface area contributed by atoms with Gasteiger partial charge in [0.1, 0.15) is 11.5 Å². The Kier molecular flexibility index (Phi) is 7.95. The molecular weight excluding hydrogens is 491 g/mol. The summed E-state index contributed by atoms with van der Waals surface area (Å²) in [6.07, 6.45) is 0. The molecule has 194 valence electrons. The maximum absolute atomic E-state index is 6.36. The number of fused-ring (bicyclic) bond motifs is 2. The lowest BCUT2D eigenvalue weighted by molar-refractivity contribution is 0.0529. The highest BCUT2D eigenvalue weighted by molar-refractivity contribution is 7.80. The molecule has 0 fully saturated rings. The highest BCUT2D eigenvalue weighted by Crippen LogP contribution is 2.45. The number of ether oxygens (including phenoxy) is 4. The lowest BCUT2D eigenvalue weighted by Crippen LogP contribution is -2.27. The van der Waals surface area contributed by atoms with Gasteiger partial charge in [-0.15, -0.1) is 0 Å². The Morgan fingerprint density at radius 3 is 1.47 bits per heavy atom. The van der Waals surface area contributed by atoms with Crippen LogP contribution in [-0.4, -0.2) is 27.8 Å². The predicted molar refractivity (Wildman–Crippen MR) is 159 cm³/mol. The SMILES string of the molecule is COCOc1c(P(c2ccc3ccccc3c2OCOC)c2c(C)cc(C)cc2C)ccc2ccccc12. The topological polar surface area (TPSA) is 36.9 Å². The maximum atomic E-state index is 6.36. The Bertz CT molecular complexity index is 1480. The summed E-state index contributed by atoms with van der Waals surface area (Å²) in [6, 6.07) is 30.0. The summed E-state index contributed by atoms with van der Waals surface area (Å²) in [4.78, 5) is 0. The molecular formula is C33H33O4P. The summed E-state index contributed by atoms with van der Waals surface area (Å²) in [5.41, 5.74) is 3.76. The van der Waals surface area contributed by atoms with Gasteiger partial charge in [-0.3, -0.25) is 0 Å². The van der Waals surface area contributed by atoms with E-state index in [9.17, 15) is 0 Å². The van der Waals surface area contributed by atoms with E-state index in [1.165, 1.54) is 22.0 Å². The third-order valence-corrected chi connectivity index (χ3v) is 9.52. The summed E-state index contributed by atoms with van der Waals surface area (Å²) in [7, 11) is 2.23. The Morgan fingerprint density at radius 2 is 1.03 bits per heavy atom. The van der Waals surface area contributed by atoms with E-state index < -0.39 is 7.92 Å². The molecule has 0 spiro atoms. The van der Waals surface area contributed by atoms with Gasteiger partial charge in [0.25, 0.3) is 0 Å². The molecule has 0 bridgehead atoms. The van der Waals surface area contributed by atoms with E-state index in [2.05, 4.69) is 106 Å². The van der Waals surface area contributed by atoms with E-state index in [1.54, 1.807) is 14.2 Å². The Labute approximate surface area is 225 Å². The van der Waals surface area contributed by atoms with Crippen LogP contribution in [0.25, 0.3) is 21.5 Å². The standard InChI is InChI=1S/C33H33O4P/c1-22-18-23(2)33(24(3)19-22)38(29-16-14-25-10-6-8-12-27(25)31(29)36-20-34-4)30-17-15-26-11-7-9-13-28(26)32(30)37-21-35-5/h6-19H,20-21H2,1-5H3. The van der Waals surface area contributed by atoms with Gasteiger partial charge >= 0.3 is 0 Å². The quantitative estimate of drug-likeness (QED) is 0.160. The second-order valence-electron chi connectivity index (χ2n) is 9.45. The molecule has 0 aliphatic heterocycles. The molecule has 0 saturated heterocycles. The Balaban J connectivity index is 1.88. The summed E-state index contributed by atoms with van der Waals surface area (Å²) in [5, 5.41) is 7.95. The number of hydrogen-bond donors (Lipinski definition) is 0. The molecule has 5 rings (SSSR count). The van der Waals surface area contributed by atoms with Crippen molar-refractivity contribution in [1.29, 1.82) is 0 Å². The van der Waals surface area contributed by atoms with Crippen molar-refractivity contribution in [2.75, 3.05) is 27.8 Å². The number of aryl methyl sites for hydroxylation is 3. The zero-order valence-corrected chi connectivity index (χ0v) is 23.5. The second kappa shape index (κ2) is 11.5. The molecule has 0 radical (unpaired) electrons. The van der Waals surface area contributed by atoms with Crippen LogP contribution in [0.15, 0.2) is 84.9 Å². The van der Waals surface area contributed by atoms with Gasteiger partial charge in [0.2, 0.25) is 0 Å². The molecule has 0 heterocycles. The average molecular weight is 525 g/mol. The first-order chi connectivity index (χ1) is 18.5. The first-order valence-electron chi connectivity index (χ1n) is 12.7. The van der Waals surface area contributed by atoms with E-state index in [4.69, 9.17) is 18.9 Å². The molecule has 0 aromatic heterocycles. The molecule has 0 amide bonds. The highest BCUT2D eigenvalue weighted by atomic mass is 31.1. The molecule has 5 heteroatoms. The first kappa shape index (κ1) is 26.2. The number of methoxy groups -OCH3 is 2. The Hall–Kier alpha value is -3.43. The molecule has 38 heavy (non-hydrogen) atoms. The van der Waals surface area contributed by atoms with E-state index in [0.29, 0.717) is 0 Å². The third kappa shape index (κ3) is 5.00. The minimum atomic E-state index is -1.08. The highest BCUT2D eigenvalue weighted by Gasteiger charge is 2.29. The number of hydrogen-bond acceptors (Lipinski definition) is 4. The van der Waals surface area contributed by atoms with Crippen LogP contribution in [0.5, 0.6) is 11.5 Å². The maximum Gasteiger partial charge on any atom is 0.188 e. The van der Waals surface area contributed by atoms with Gasteiger partial charge in [-0.2, -0.15) is 0 Å². The van der Waals surface area contributed by atoms with Crippen molar-refractivity contribution in [1.82, 2.24) is 0 Å². The van der Waals surface area contributed by atoms with E-state index in [1.807, 2.05) is 0 Å². The molecule has 5 aromatic rings. The van der Waals surface area contributed by atoms with Crippen molar-refractivity contribution in [3.05, 3.63) is 102 Å². The lowest BCUT2D eigenvalue weighted by atomic mass is 10.1. The van der Waals surface area contributed by atoms with Gasteiger partial charge in [0.15, 0.2) is 13.6 Å². The summed E-state index contributed by atoms with van der Waals surface area (Å²) >= 11 is 0. The van der Waals surface area contributed by atoms with Crippen molar-refractivity contribution >= 4 is 45.4 Å². The lowest BCUT2D eigenvalue weighted by Gasteiger charge is -2.28. The monoisotopic (exact) mass is 524 g/mol. The van der Waals surface area contributed by atoms with Crippen molar-refractivity contribution in [3.63, 3.8) is 0 Å².